The molecule has 0 saturated carbocycles. The van der Waals surface area contributed by atoms with Crippen LogP contribution in [-0.2, 0) is 12.4 Å². The van der Waals surface area contributed by atoms with Gasteiger partial charge in [0.1, 0.15) is 12.0 Å². The number of halogens is 7. The first-order valence-corrected chi connectivity index (χ1v) is 11.4. The van der Waals surface area contributed by atoms with E-state index < -0.39 is 47.5 Å². The Morgan fingerprint density at radius 2 is 1.58 bits per heavy atom. The maximum absolute atomic E-state index is 13.7. The van der Waals surface area contributed by atoms with Gasteiger partial charge in [0.05, 0.1) is 17.2 Å². The van der Waals surface area contributed by atoms with Crippen LogP contribution >= 0.6 is 0 Å². The number of urea groups is 1. The van der Waals surface area contributed by atoms with Crippen LogP contribution in [-0.4, -0.2) is 48.6 Å². The third-order valence-corrected chi connectivity index (χ3v) is 6.48. The minimum Gasteiger partial charge on any atom is -0.315 e. The molecule has 2 fully saturated rings. The van der Waals surface area contributed by atoms with Crippen molar-refractivity contribution in [1.29, 1.82) is 0 Å². The average Bonchev–Trinajstić information content (AvgIpc) is 2.82. The second-order valence-corrected chi connectivity index (χ2v) is 8.94. The van der Waals surface area contributed by atoms with Crippen molar-refractivity contribution in [2.24, 2.45) is 0 Å². The van der Waals surface area contributed by atoms with Crippen molar-refractivity contribution in [2.75, 3.05) is 32.7 Å². The largest absolute Gasteiger partial charge is 0.416 e. The SMILES string of the molecule is Cc1cc(F)ccc1[C@H]1CNCCN1C(=O)N1CCCNC1c1cc(C(F)(F)F)cc(C(F)(F)F)c1. The Morgan fingerprint density at radius 3 is 2.19 bits per heavy atom. The zero-order valence-corrected chi connectivity index (χ0v) is 19.3. The van der Waals surface area contributed by atoms with Crippen molar-refractivity contribution in [3.63, 3.8) is 0 Å². The van der Waals surface area contributed by atoms with Crippen molar-refractivity contribution < 1.29 is 35.5 Å². The summed E-state index contributed by atoms with van der Waals surface area (Å²) in [6, 6.07) is 4.58. The number of aryl methyl sites for hydroxylation is 1. The molecular formula is C24H25F7N4O. The Bertz CT molecular complexity index is 1090. The number of nitrogens with zero attached hydrogens (tertiary/aromatic N) is 2. The minimum atomic E-state index is -5.00. The molecule has 0 radical (unpaired) electrons. The highest BCUT2D eigenvalue weighted by Crippen LogP contribution is 2.39. The lowest BCUT2D eigenvalue weighted by Gasteiger charge is -2.44. The molecule has 0 aromatic heterocycles. The van der Waals surface area contributed by atoms with Crippen LogP contribution in [0.15, 0.2) is 36.4 Å². The fourth-order valence-electron chi connectivity index (χ4n) is 4.76. The number of carbonyl (C=O) groups is 1. The molecule has 2 heterocycles. The van der Waals surface area contributed by atoms with Crippen LogP contribution < -0.4 is 10.6 Å². The zero-order chi connectivity index (χ0) is 26.3. The molecule has 0 bridgehead atoms. The van der Waals surface area contributed by atoms with Crippen LogP contribution in [0, 0.1) is 12.7 Å². The quantitative estimate of drug-likeness (QED) is 0.536. The molecule has 2 N–H and O–H groups in total. The summed E-state index contributed by atoms with van der Waals surface area (Å²) in [6.07, 6.45) is -10.7. The van der Waals surface area contributed by atoms with E-state index in [0.717, 1.165) is 0 Å². The molecule has 12 heteroatoms. The molecule has 4 rings (SSSR count). The predicted molar refractivity (Wildman–Crippen MR) is 117 cm³/mol. The van der Waals surface area contributed by atoms with Gasteiger partial charge in [-0.25, -0.2) is 9.18 Å². The first-order valence-electron chi connectivity index (χ1n) is 11.4. The number of benzene rings is 2. The summed E-state index contributed by atoms with van der Waals surface area (Å²) in [5.74, 6) is -0.428. The highest BCUT2D eigenvalue weighted by Gasteiger charge is 2.40. The van der Waals surface area contributed by atoms with Gasteiger partial charge in [-0.15, -0.1) is 0 Å². The van der Waals surface area contributed by atoms with Crippen LogP contribution in [0.3, 0.4) is 0 Å². The summed E-state index contributed by atoms with van der Waals surface area (Å²) >= 11 is 0. The van der Waals surface area contributed by atoms with E-state index in [9.17, 15) is 35.5 Å². The van der Waals surface area contributed by atoms with Gasteiger partial charge in [-0.1, -0.05) is 6.07 Å². The standard InChI is InChI=1S/C24H25F7N4O/c1-14-9-18(25)3-4-19(14)20-13-32-6-8-34(20)22(36)35-7-2-5-33-21(35)15-10-16(23(26,27)28)12-17(11-15)24(29,30)31/h3-4,9-12,20-21,32-33H,2,5-8,13H2,1H3/t20-,21?/m1/s1. The minimum absolute atomic E-state index is 0.0716. The molecule has 2 aromatic carbocycles. The number of rotatable bonds is 2. The number of carbonyl (C=O) groups excluding carboxylic acids is 1. The Balaban J connectivity index is 1.71. The number of amides is 2. The molecule has 2 aliphatic rings. The number of piperazine rings is 1. The van der Waals surface area contributed by atoms with E-state index in [0.29, 0.717) is 49.3 Å². The van der Waals surface area contributed by atoms with Gasteiger partial charge in [0.15, 0.2) is 0 Å². The maximum atomic E-state index is 13.7. The van der Waals surface area contributed by atoms with E-state index >= 15 is 0 Å². The van der Waals surface area contributed by atoms with E-state index in [4.69, 9.17) is 0 Å². The molecule has 2 aromatic rings. The molecule has 2 atom stereocenters. The molecule has 2 saturated heterocycles. The van der Waals surface area contributed by atoms with E-state index in [1.165, 1.54) is 21.9 Å². The Labute approximate surface area is 203 Å². The lowest BCUT2D eigenvalue weighted by atomic mass is 9.98. The second kappa shape index (κ2) is 9.89. The van der Waals surface area contributed by atoms with Crippen molar-refractivity contribution in [3.8, 4) is 0 Å². The van der Waals surface area contributed by atoms with E-state index in [1.807, 2.05) is 0 Å². The van der Waals surface area contributed by atoms with Crippen LogP contribution in [0.5, 0.6) is 0 Å². The monoisotopic (exact) mass is 518 g/mol. The summed E-state index contributed by atoms with van der Waals surface area (Å²) in [5, 5.41) is 6.10. The van der Waals surface area contributed by atoms with Crippen LogP contribution in [0.1, 0.15) is 46.4 Å². The Hall–Kier alpha value is -2.86. The summed E-state index contributed by atoms with van der Waals surface area (Å²) in [4.78, 5) is 16.5. The molecule has 0 aliphatic carbocycles. The molecule has 2 amide bonds. The summed E-state index contributed by atoms with van der Waals surface area (Å²) in [5.41, 5.74) is -1.84. The van der Waals surface area contributed by atoms with Gasteiger partial charge in [0.2, 0.25) is 0 Å². The van der Waals surface area contributed by atoms with Gasteiger partial charge >= 0.3 is 18.4 Å². The van der Waals surface area contributed by atoms with Crippen molar-refractivity contribution in [3.05, 3.63) is 70.0 Å². The van der Waals surface area contributed by atoms with Crippen LogP contribution in [0.25, 0.3) is 0 Å². The first-order chi connectivity index (χ1) is 16.9. The van der Waals surface area contributed by atoms with Gasteiger partial charge in [-0.05, 0) is 66.9 Å². The number of nitrogens with one attached hydrogen (secondary N) is 2. The van der Waals surface area contributed by atoms with Crippen molar-refractivity contribution in [2.45, 2.75) is 37.9 Å². The van der Waals surface area contributed by atoms with Crippen LogP contribution in [0.2, 0.25) is 0 Å². The lowest BCUT2D eigenvalue weighted by Crippen LogP contribution is -2.57. The smallest absolute Gasteiger partial charge is 0.315 e. The third kappa shape index (κ3) is 5.44. The topological polar surface area (TPSA) is 47.6 Å². The number of alkyl halides is 6. The normalized spacial score (nSPS) is 21.6. The first kappa shape index (κ1) is 26.2. The van der Waals surface area contributed by atoms with Gasteiger partial charge in [-0.3, -0.25) is 5.32 Å². The Kier molecular flexibility index (Phi) is 7.20. The molecule has 36 heavy (non-hydrogen) atoms. The summed E-state index contributed by atoms with van der Waals surface area (Å²) < 4.78 is 94.3. The number of hydrogen-bond donors (Lipinski definition) is 2. The molecule has 2 aliphatic heterocycles. The highest BCUT2D eigenvalue weighted by molar-refractivity contribution is 5.76. The van der Waals surface area contributed by atoms with Gasteiger partial charge in [0.25, 0.3) is 0 Å². The Morgan fingerprint density at radius 1 is 0.917 bits per heavy atom. The van der Waals surface area contributed by atoms with Gasteiger partial charge in [0, 0.05) is 26.2 Å². The van der Waals surface area contributed by atoms with Crippen molar-refractivity contribution >= 4 is 6.03 Å². The number of hydrogen-bond acceptors (Lipinski definition) is 3. The van der Waals surface area contributed by atoms with Crippen LogP contribution in [0.4, 0.5) is 35.5 Å². The van der Waals surface area contributed by atoms with E-state index in [-0.39, 0.29) is 24.7 Å². The summed E-state index contributed by atoms with van der Waals surface area (Å²) in [7, 11) is 0. The molecule has 196 valence electrons. The van der Waals surface area contributed by atoms with E-state index in [2.05, 4.69) is 10.6 Å². The lowest BCUT2D eigenvalue weighted by molar-refractivity contribution is -0.143. The maximum Gasteiger partial charge on any atom is 0.416 e. The van der Waals surface area contributed by atoms with Gasteiger partial charge < -0.3 is 15.1 Å². The average molecular weight is 518 g/mol. The molecular weight excluding hydrogens is 493 g/mol. The highest BCUT2D eigenvalue weighted by atomic mass is 19.4. The molecule has 5 nitrogen and oxygen atoms in total. The van der Waals surface area contributed by atoms with E-state index in [1.54, 1.807) is 13.0 Å². The molecule has 1 unspecified atom stereocenters. The fraction of sp³-hybridized carbons (Fsp3) is 0.458. The second-order valence-electron chi connectivity index (χ2n) is 8.94. The van der Waals surface area contributed by atoms with Crippen molar-refractivity contribution in [1.82, 2.24) is 20.4 Å². The third-order valence-electron chi connectivity index (χ3n) is 6.48. The predicted octanol–water partition coefficient (Wildman–Crippen LogP) is 5.23. The van der Waals surface area contributed by atoms with Gasteiger partial charge in [-0.2, -0.15) is 26.3 Å². The fourth-order valence-corrected chi connectivity index (χ4v) is 4.76. The zero-order valence-electron chi connectivity index (χ0n) is 19.3. The summed E-state index contributed by atoms with van der Waals surface area (Å²) in [6.45, 7) is 3.26. The molecule has 0 spiro atoms.